The van der Waals surface area contributed by atoms with Crippen molar-refractivity contribution in [2.75, 3.05) is 9.80 Å². The highest BCUT2D eigenvalue weighted by Crippen LogP contribution is 2.50. The van der Waals surface area contributed by atoms with Crippen LogP contribution >= 0.6 is 0 Å². The van der Waals surface area contributed by atoms with Crippen LogP contribution in [0.3, 0.4) is 0 Å². The fourth-order valence-corrected chi connectivity index (χ4v) is 11.6. The lowest BCUT2D eigenvalue weighted by Gasteiger charge is -2.28. The highest BCUT2D eigenvalue weighted by Gasteiger charge is 2.24. The summed E-state index contributed by atoms with van der Waals surface area (Å²) < 4.78 is 13.0. The third-order valence-electron chi connectivity index (χ3n) is 14.9. The van der Waals surface area contributed by atoms with Crippen LogP contribution in [0.25, 0.3) is 109 Å². The molecule has 0 N–H and O–H groups in total. The van der Waals surface area contributed by atoms with Crippen molar-refractivity contribution < 1.29 is 8.83 Å². The van der Waals surface area contributed by atoms with Crippen molar-refractivity contribution in [2.24, 2.45) is 0 Å². The van der Waals surface area contributed by atoms with Gasteiger partial charge in [0, 0.05) is 67.8 Å². The minimum absolute atomic E-state index is 0.852. The van der Waals surface area contributed by atoms with E-state index in [-0.39, 0.29) is 0 Å². The molecule has 0 atom stereocenters. The smallest absolute Gasteiger partial charge is 0.137 e. The first-order valence-electron chi connectivity index (χ1n) is 25.2. The normalized spacial score (nSPS) is 11.8. The first kappa shape index (κ1) is 41.8. The average Bonchev–Trinajstić information content (AvgIpc) is 4.03. The molecule has 13 aromatic carbocycles. The zero-order chi connectivity index (χ0) is 48.7. The van der Waals surface area contributed by atoms with E-state index in [4.69, 9.17) is 8.83 Å². The van der Waals surface area contributed by atoms with Crippen LogP contribution in [-0.4, -0.2) is 0 Å². The molecule has 15 aromatic rings. The van der Waals surface area contributed by atoms with E-state index in [1.807, 2.05) is 24.3 Å². The van der Waals surface area contributed by atoms with Crippen LogP contribution in [0.4, 0.5) is 34.1 Å². The Hall–Kier alpha value is -9.90. The van der Waals surface area contributed by atoms with E-state index in [0.717, 1.165) is 111 Å². The van der Waals surface area contributed by atoms with Gasteiger partial charge < -0.3 is 18.6 Å². The van der Waals surface area contributed by atoms with Crippen LogP contribution in [0, 0.1) is 0 Å². The zero-order valence-corrected chi connectivity index (χ0v) is 40.1. The fourth-order valence-electron chi connectivity index (χ4n) is 11.6. The van der Waals surface area contributed by atoms with Crippen LogP contribution in [-0.2, 0) is 0 Å². The highest BCUT2D eigenvalue weighted by molar-refractivity contribution is 6.23. The van der Waals surface area contributed by atoms with Gasteiger partial charge in [-0.25, -0.2) is 0 Å². The second kappa shape index (κ2) is 16.9. The van der Waals surface area contributed by atoms with Gasteiger partial charge in [0.05, 0.1) is 0 Å². The number of rotatable bonds is 8. The minimum Gasteiger partial charge on any atom is -0.456 e. The van der Waals surface area contributed by atoms with Crippen LogP contribution < -0.4 is 9.80 Å². The third kappa shape index (κ3) is 6.84. The Balaban J connectivity index is 1.02. The molecule has 0 aliphatic heterocycles. The topological polar surface area (TPSA) is 32.8 Å². The van der Waals surface area contributed by atoms with Crippen molar-refractivity contribution >= 4 is 121 Å². The van der Waals surface area contributed by atoms with Gasteiger partial charge in [0.2, 0.25) is 0 Å². The third-order valence-corrected chi connectivity index (χ3v) is 14.9. The summed E-state index contributed by atoms with van der Waals surface area (Å²) in [5.74, 6) is 0. The predicted molar refractivity (Wildman–Crippen MR) is 311 cm³/mol. The maximum atomic E-state index is 6.52. The molecule has 0 radical (unpaired) electrons. The molecule has 2 aromatic heterocycles. The Bertz CT molecular complexity index is 4390. The molecular weight excluding hydrogens is 901 g/mol. The fraction of sp³-hybridized carbons (Fsp3) is 0. The molecule has 0 amide bonds. The van der Waals surface area contributed by atoms with Gasteiger partial charge in [0.1, 0.15) is 22.3 Å². The Morgan fingerprint density at radius 2 is 0.554 bits per heavy atom. The highest BCUT2D eigenvalue weighted by atomic mass is 16.3. The Kier molecular flexibility index (Phi) is 9.54. The molecule has 74 heavy (non-hydrogen) atoms. The van der Waals surface area contributed by atoms with Gasteiger partial charge in [-0.3, -0.25) is 0 Å². The molecule has 0 aliphatic carbocycles. The van der Waals surface area contributed by atoms with Crippen molar-refractivity contribution in [3.63, 3.8) is 0 Å². The van der Waals surface area contributed by atoms with E-state index in [1.54, 1.807) is 0 Å². The molecule has 0 spiro atoms. The van der Waals surface area contributed by atoms with Gasteiger partial charge in [-0.1, -0.05) is 158 Å². The summed E-state index contributed by atoms with van der Waals surface area (Å²) >= 11 is 0. The standard InChI is InChI=1S/C70H44N2O2/c1-3-19-51(20-4-1)71(55-31-35-59-57-23-11-13-25-65(57)73-67(59)43-55)53-33-37-61-63(41-53)69(49-29-27-45-15-7-9-17-47(45)39-49)62-38-34-54(42-64(62)70(61)50-30-28-46-16-8-10-18-48(46)40-50)72(52-21-5-2-6-22-52)56-32-36-60-58-24-12-14-26-66(58)74-68(60)44-56/h1-44H. The second-order valence-electron chi connectivity index (χ2n) is 19.2. The first-order chi connectivity index (χ1) is 36.7. The van der Waals surface area contributed by atoms with Crippen LogP contribution in [0.15, 0.2) is 276 Å². The van der Waals surface area contributed by atoms with Crippen LogP contribution in [0.5, 0.6) is 0 Å². The maximum Gasteiger partial charge on any atom is 0.137 e. The lowest BCUT2D eigenvalue weighted by Crippen LogP contribution is -2.10. The Morgan fingerprint density at radius 1 is 0.203 bits per heavy atom. The number of para-hydroxylation sites is 4. The van der Waals surface area contributed by atoms with E-state index in [0.29, 0.717) is 0 Å². The molecule has 0 saturated carbocycles. The monoisotopic (exact) mass is 944 g/mol. The van der Waals surface area contributed by atoms with Crippen molar-refractivity contribution in [2.45, 2.75) is 0 Å². The molecular formula is C70H44N2O2. The number of benzene rings is 13. The molecule has 0 fully saturated rings. The molecule has 0 saturated heterocycles. The zero-order valence-electron chi connectivity index (χ0n) is 40.1. The maximum absolute atomic E-state index is 6.52. The van der Waals surface area contributed by atoms with Crippen LogP contribution in [0.1, 0.15) is 0 Å². The molecule has 4 nitrogen and oxygen atoms in total. The van der Waals surface area contributed by atoms with Gasteiger partial charge in [0.15, 0.2) is 0 Å². The number of anilines is 6. The van der Waals surface area contributed by atoms with E-state index in [2.05, 4.69) is 252 Å². The molecule has 2 heterocycles. The average molecular weight is 945 g/mol. The first-order valence-corrected chi connectivity index (χ1v) is 25.2. The van der Waals surface area contributed by atoms with E-state index < -0.39 is 0 Å². The van der Waals surface area contributed by atoms with Crippen molar-refractivity contribution in [3.05, 3.63) is 267 Å². The van der Waals surface area contributed by atoms with Crippen molar-refractivity contribution in [3.8, 4) is 22.3 Å². The van der Waals surface area contributed by atoms with E-state index in [1.165, 1.54) is 32.7 Å². The molecule has 346 valence electrons. The summed E-state index contributed by atoms with van der Waals surface area (Å²) in [6, 6.07) is 96.4. The molecule has 15 rings (SSSR count). The predicted octanol–water partition coefficient (Wildman–Crippen LogP) is 20.4. The number of furan rings is 2. The van der Waals surface area contributed by atoms with Gasteiger partial charge in [0.25, 0.3) is 0 Å². The summed E-state index contributed by atoms with van der Waals surface area (Å²) in [6.45, 7) is 0. The van der Waals surface area contributed by atoms with Crippen LogP contribution in [0.2, 0.25) is 0 Å². The lowest BCUT2D eigenvalue weighted by molar-refractivity contribution is 0.668. The van der Waals surface area contributed by atoms with E-state index in [9.17, 15) is 0 Å². The van der Waals surface area contributed by atoms with Crippen molar-refractivity contribution in [1.29, 1.82) is 0 Å². The Labute approximate surface area is 426 Å². The molecule has 4 heteroatoms. The van der Waals surface area contributed by atoms with Gasteiger partial charge in [-0.2, -0.15) is 0 Å². The number of hydrogen-bond donors (Lipinski definition) is 0. The summed E-state index contributed by atoms with van der Waals surface area (Å²) in [4.78, 5) is 4.71. The minimum atomic E-state index is 0.852. The number of fused-ring (bicyclic) bond motifs is 10. The summed E-state index contributed by atoms with van der Waals surface area (Å²) in [6.07, 6.45) is 0. The molecule has 0 unspecified atom stereocenters. The summed E-state index contributed by atoms with van der Waals surface area (Å²) in [7, 11) is 0. The lowest BCUT2D eigenvalue weighted by atomic mass is 9.84. The summed E-state index contributed by atoms with van der Waals surface area (Å²) in [5, 5.41) is 13.8. The SMILES string of the molecule is c1ccc(N(c2ccc3c(c2)oc2ccccc23)c2ccc3c(-c4ccc5ccccc5c4)c4cc(N(c5ccccc5)c5ccc6c(c5)oc5ccccc56)ccc4c(-c4ccc5ccccc5c4)c3c2)cc1. The number of hydrogen-bond acceptors (Lipinski definition) is 4. The number of nitrogens with zero attached hydrogens (tertiary/aromatic N) is 2. The van der Waals surface area contributed by atoms with Crippen molar-refractivity contribution in [1.82, 2.24) is 0 Å². The van der Waals surface area contributed by atoms with Gasteiger partial charge in [-0.05, 0) is 162 Å². The Morgan fingerprint density at radius 3 is 1.00 bits per heavy atom. The van der Waals surface area contributed by atoms with Gasteiger partial charge >= 0.3 is 0 Å². The molecule has 0 aliphatic rings. The quantitative estimate of drug-likeness (QED) is 0.142. The van der Waals surface area contributed by atoms with Gasteiger partial charge in [-0.15, -0.1) is 0 Å². The second-order valence-corrected chi connectivity index (χ2v) is 19.2. The van der Waals surface area contributed by atoms with E-state index >= 15 is 0 Å². The summed E-state index contributed by atoms with van der Waals surface area (Å²) in [5.41, 5.74) is 14.3. The largest absolute Gasteiger partial charge is 0.456 e. The molecule has 0 bridgehead atoms.